The fourth-order valence-electron chi connectivity index (χ4n) is 3.45. The van der Waals surface area contributed by atoms with Crippen LogP contribution in [0.25, 0.3) is 0 Å². The zero-order chi connectivity index (χ0) is 14.5. The zero-order valence-electron chi connectivity index (χ0n) is 12.6. The monoisotopic (exact) mass is 298 g/mol. The molecule has 2 N–H and O–H groups in total. The van der Waals surface area contributed by atoms with Crippen molar-refractivity contribution in [3.8, 4) is 0 Å². The summed E-state index contributed by atoms with van der Waals surface area (Å²) < 4.78 is 17.0. The fraction of sp³-hybridized carbons (Fsp3) is 0.933. The Balaban J connectivity index is 1.36. The van der Waals surface area contributed by atoms with Gasteiger partial charge in [0.15, 0.2) is 0 Å². The lowest BCUT2D eigenvalue weighted by Gasteiger charge is -2.32. The summed E-state index contributed by atoms with van der Waals surface area (Å²) in [6.07, 6.45) is 4.85. The van der Waals surface area contributed by atoms with Crippen molar-refractivity contribution in [2.75, 3.05) is 39.5 Å². The van der Waals surface area contributed by atoms with Crippen molar-refractivity contribution in [3.05, 3.63) is 0 Å². The molecule has 6 nitrogen and oxygen atoms in total. The first-order chi connectivity index (χ1) is 10.3. The van der Waals surface area contributed by atoms with E-state index in [1.165, 1.54) is 0 Å². The van der Waals surface area contributed by atoms with Gasteiger partial charge in [-0.1, -0.05) is 0 Å². The minimum absolute atomic E-state index is 0.00684. The average Bonchev–Trinajstić information content (AvgIpc) is 2.90. The summed E-state index contributed by atoms with van der Waals surface area (Å²) in [5.41, 5.74) is -0.00684. The van der Waals surface area contributed by atoms with Gasteiger partial charge in [-0.3, -0.25) is 4.79 Å². The lowest BCUT2D eigenvalue weighted by molar-refractivity contribution is -0.129. The lowest BCUT2D eigenvalue weighted by atomic mass is 9.89. The first kappa shape index (κ1) is 15.2. The second kappa shape index (κ2) is 7.05. The van der Waals surface area contributed by atoms with E-state index >= 15 is 0 Å². The topological polar surface area (TPSA) is 68.8 Å². The minimum atomic E-state index is -0.0202. The smallest absolute Gasteiger partial charge is 0.246 e. The summed E-state index contributed by atoms with van der Waals surface area (Å²) in [6, 6.07) is 0.241. The molecule has 3 heterocycles. The normalized spacial score (nSPS) is 29.6. The maximum atomic E-state index is 11.9. The molecular weight excluding hydrogens is 272 g/mol. The van der Waals surface area contributed by atoms with Crippen molar-refractivity contribution in [2.45, 2.75) is 49.9 Å². The van der Waals surface area contributed by atoms with Crippen LogP contribution in [0.3, 0.4) is 0 Å². The zero-order valence-corrected chi connectivity index (χ0v) is 12.6. The van der Waals surface area contributed by atoms with Gasteiger partial charge in [-0.15, -0.1) is 0 Å². The fourth-order valence-corrected chi connectivity index (χ4v) is 3.45. The third-order valence-corrected chi connectivity index (χ3v) is 4.73. The van der Waals surface area contributed by atoms with Gasteiger partial charge in [-0.05, 0) is 38.8 Å². The minimum Gasteiger partial charge on any atom is -0.381 e. The van der Waals surface area contributed by atoms with Gasteiger partial charge in [0.25, 0.3) is 0 Å². The van der Waals surface area contributed by atoms with E-state index in [0.29, 0.717) is 6.61 Å². The van der Waals surface area contributed by atoms with Crippen molar-refractivity contribution in [1.29, 1.82) is 0 Å². The largest absolute Gasteiger partial charge is 0.381 e. The van der Waals surface area contributed by atoms with E-state index in [2.05, 4.69) is 10.6 Å². The van der Waals surface area contributed by atoms with Gasteiger partial charge in [0.05, 0.1) is 18.3 Å². The molecule has 3 saturated heterocycles. The third kappa shape index (κ3) is 4.16. The highest BCUT2D eigenvalue weighted by molar-refractivity contribution is 5.77. The van der Waals surface area contributed by atoms with Crippen LogP contribution in [-0.4, -0.2) is 63.2 Å². The number of hydrogen-bond donors (Lipinski definition) is 2. The van der Waals surface area contributed by atoms with Crippen LogP contribution in [0.2, 0.25) is 0 Å². The number of rotatable bonds is 4. The number of nitrogens with one attached hydrogen (secondary N) is 2. The third-order valence-electron chi connectivity index (χ3n) is 4.73. The van der Waals surface area contributed by atoms with E-state index < -0.39 is 0 Å². The van der Waals surface area contributed by atoms with Crippen molar-refractivity contribution in [1.82, 2.24) is 10.6 Å². The van der Waals surface area contributed by atoms with Crippen LogP contribution >= 0.6 is 0 Å². The molecule has 0 aromatic carbocycles. The predicted molar refractivity (Wildman–Crippen MR) is 77.1 cm³/mol. The van der Waals surface area contributed by atoms with Crippen LogP contribution in [0, 0.1) is 0 Å². The van der Waals surface area contributed by atoms with Crippen LogP contribution in [0.4, 0.5) is 0 Å². The number of carbonyl (C=O) groups is 1. The molecule has 0 aliphatic carbocycles. The van der Waals surface area contributed by atoms with Crippen LogP contribution in [0.1, 0.15) is 32.1 Å². The van der Waals surface area contributed by atoms with Crippen molar-refractivity contribution < 1.29 is 19.0 Å². The molecule has 3 fully saturated rings. The Labute approximate surface area is 125 Å². The van der Waals surface area contributed by atoms with E-state index in [4.69, 9.17) is 14.2 Å². The molecule has 21 heavy (non-hydrogen) atoms. The molecule has 3 aliphatic rings. The quantitative estimate of drug-likeness (QED) is 0.776. The van der Waals surface area contributed by atoms with E-state index in [-0.39, 0.29) is 30.3 Å². The molecule has 0 radical (unpaired) electrons. The van der Waals surface area contributed by atoms with Crippen LogP contribution in [-0.2, 0) is 19.0 Å². The first-order valence-corrected chi connectivity index (χ1v) is 8.09. The number of amides is 1. The Kier molecular flexibility index (Phi) is 5.11. The molecule has 1 unspecified atom stereocenters. The van der Waals surface area contributed by atoms with Gasteiger partial charge < -0.3 is 24.8 Å². The summed E-state index contributed by atoms with van der Waals surface area (Å²) in [5, 5.41) is 6.37. The maximum absolute atomic E-state index is 11.9. The molecule has 1 spiro atoms. The molecule has 3 rings (SSSR count). The second-order valence-corrected chi connectivity index (χ2v) is 6.34. The summed E-state index contributed by atoms with van der Waals surface area (Å²) >= 11 is 0. The SMILES string of the molecule is O=C(COC1COC2(CCNCC2)C1)NC1CCOCC1. The van der Waals surface area contributed by atoms with Gasteiger partial charge in [0.1, 0.15) is 6.61 Å². The molecule has 6 heteroatoms. The Bertz CT molecular complexity index is 352. The highest BCUT2D eigenvalue weighted by atomic mass is 16.6. The van der Waals surface area contributed by atoms with Gasteiger partial charge >= 0.3 is 0 Å². The van der Waals surface area contributed by atoms with Gasteiger partial charge in [-0.25, -0.2) is 0 Å². The highest BCUT2D eigenvalue weighted by Gasteiger charge is 2.41. The molecule has 3 aliphatic heterocycles. The van der Waals surface area contributed by atoms with Crippen LogP contribution < -0.4 is 10.6 Å². The standard InChI is InChI=1S/C15H26N2O4/c18-14(17-12-1-7-19-8-2-12)11-20-13-9-15(21-10-13)3-5-16-6-4-15/h12-13,16H,1-11H2,(H,17,18). The molecule has 120 valence electrons. The maximum Gasteiger partial charge on any atom is 0.246 e. The Morgan fingerprint density at radius 1 is 1.29 bits per heavy atom. The molecule has 0 aromatic rings. The molecular formula is C15H26N2O4. The average molecular weight is 298 g/mol. The summed E-state index contributed by atoms with van der Waals surface area (Å²) in [5.74, 6) is -0.0202. The van der Waals surface area contributed by atoms with Crippen LogP contribution in [0.15, 0.2) is 0 Å². The van der Waals surface area contributed by atoms with Crippen molar-refractivity contribution in [2.24, 2.45) is 0 Å². The highest BCUT2D eigenvalue weighted by Crippen LogP contribution is 2.35. The van der Waals surface area contributed by atoms with Crippen LogP contribution in [0.5, 0.6) is 0 Å². The van der Waals surface area contributed by atoms with Crippen molar-refractivity contribution in [3.63, 3.8) is 0 Å². The second-order valence-electron chi connectivity index (χ2n) is 6.34. The number of ether oxygens (including phenoxy) is 3. The molecule has 0 aromatic heterocycles. The summed E-state index contributed by atoms with van der Waals surface area (Å²) in [4.78, 5) is 11.9. The Morgan fingerprint density at radius 3 is 2.81 bits per heavy atom. The summed E-state index contributed by atoms with van der Waals surface area (Å²) in [6.45, 7) is 4.25. The number of carbonyl (C=O) groups excluding carboxylic acids is 1. The molecule has 1 atom stereocenters. The first-order valence-electron chi connectivity index (χ1n) is 8.09. The Morgan fingerprint density at radius 2 is 2.05 bits per heavy atom. The van der Waals surface area contributed by atoms with Gasteiger partial charge in [0, 0.05) is 25.7 Å². The predicted octanol–water partition coefficient (Wildman–Crippen LogP) is 0.209. The Hall–Kier alpha value is -0.690. The van der Waals surface area contributed by atoms with Gasteiger partial charge in [0.2, 0.25) is 5.91 Å². The van der Waals surface area contributed by atoms with E-state index in [9.17, 15) is 4.79 Å². The molecule has 0 bridgehead atoms. The molecule has 1 amide bonds. The van der Waals surface area contributed by atoms with Gasteiger partial charge in [-0.2, -0.15) is 0 Å². The lowest BCUT2D eigenvalue weighted by Crippen LogP contribution is -2.42. The molecule has 0 saturated carbocycles. The number of hydrogen-bond acceptors (Lipinski definition) is 5. The summed E-state index contributed by atoms with van der Waals surface area (Å²) in [7, 11) is 0. The van der Waals surface area contributed by atoms with E-state index in [1.807, 2.05) is 0 Å². The van der Waals surface area contributed by atoms with E-state index in [1.54, 1.807) is 0 Å². The van der Waals surface area contributed by atoms with Crippen molar-refractivity contribution >= 4 is 5.91 Å². The number of piperidine rings is 1. The van der Waals surface area contributed by atoms with E-state index in [0.717, 1.165) is 58.4 Å².